The summed E-state index contributed by atoms with van der Waals surface area (Å²) in [5, 5.41) is 7.06. The Labute approximate surface area is 174 Å². The average molecular weight is 405 g/mol. The average Bonchev–Trinajstić information content (AvgIpc) is 3.30. The second-order valence-corrected chi connectivity index (χ2v) is 7.10. The number of aromatic amines is 1. The number of rotatable bonds is 5. The first-order valence-corrected chi connectivity index (χ1v) is 9.80. The van der Waals surface area contributed by atoms with Gasteiger partial charge in [-0.2, -0.15) is 5.10 Å². The molecule has 3 aromatic rings. The van der Waals surface area contributed by atoms with Gasteiger partial charge in [0.1, 0.15) is 11.4 Å². The maximum absolute atomic E-state index is 12.8. The fraction of sp³-hybridized carbons (Fsp3) is 0.273. The Morgan fingerprint density at radius 2 is 1.77 bits per heavy atom. The van der Waals surface area contributed by atoms with Gasteiger partial charge < -0.3 is 14.5 Å². The zero-order valence-electron chi connectivity index (χ0n) is 16.7. The molecule has 4 rings (SSSR count). The Kier molecular flexibility index (Phi) is 5.74. The van der Waals surface area contributed by atoms with Crippen molar-refractivity contribution in [1.82, 2.24) is 25.0 Å². The minimum absolute atomic E-state index is 0.0527. The van der Waals surface area contributed by atoms with Crippen molar-refractivity contribution in [1.29, 1.82) is 0 Å². The topological polar surface area (TPSA) is 91.4 Å². The summed E-state index contributed by atoms with van der Waals surface area (Å²) < 4.78 is 5.21. The third-order valence-corrected chi connectivity index (χ3v) is 5.19. The van der Waals surface area contributed by atoms with Crippen LogP contribution in [0.1, 0.15) is 16.1 Å². The summed E-state index contributed by atoms with van der Waals surface area (Å²) in [6, 6.07) is 13.0. The van der Waals surface area contributed by atoms with Crippen molar-refractivity contribution in [2.45, 2.75) is 6.42 Å². The van der Waals surface area contributed by atoms with Crippen LogP contribution in [0.5, 0.6) is 5.75 Å². The van der Waals surface area contributed by atoms with Crippen LogP contribution >= 0.6 is 0 Å². The summed E-state index contributed by atoms with van der Waals surface area (Å²) in [7, 11) is 1.61. The smallest absolute Gasteiger partial charge is 0.272 e. The molecule has 1 aliphatic rings. The number of ether oxygens (including phenoxy) is 1. The van der Waals surface area contributed by atoms with Gasteiger partial charge in [0.15, 0.2) is 0 Å². The third-order valence-electron chi connectivity index (χ3n) is 5.19. The van der Waals surface area contributed by atoms with Crippen molar-refractivity contribution in [2.24, 2.45) is 0 Å². The summed E-state index contributed by atoms with van der Waals surface area (Å²) in [6.07, 6.45) is 3.70. The second-order valence-electron chi connectivity index (χ2n) is 7.10. The van der Waals surface area contributed by atoms with Crippen LogP contribution in [0.15, 0.2) is 54.9 Å². The number of carbonyl (C=O) groups is 2. The highest BCUT2D eigenvalue weighted by molar-refractivity contribution is 5.93. The molecule has 1 fully saturated rings. The van der Waals surface area contributed by atoms with E-state index in [1.54, 1.807) is 35.4 Å². The Bertz CT molecular complexity index is 1030. The highest BCUT2D eigenvalue weighted by Crippen LogP contribution is 2.18. The standard InChI is InChI=1S/C22H23N5O3/c1-30-18-4-2-3-16(13-18)14-21(28)26-9-11-27(12-10-26)22(29)20-15-19(24-25-20)17-5-7-23-8-6-17/h2-8,13,15H,9-12,14H2,1H3,(H,24,25). The van der Waals surface area contributed by atoms with Gasteiger partial charge in [-0.1, -0.05) is 12.1 Å². The van der Waals surface area contributed by atoms with Gasteiger partial charge >= 0.3 is 0 Å². The number of hydrogen-bond donors (Lipinski definition) is 1. The van der Waals surface area contributed by atoms with E-state index < -0.39 is 0 Å². The number of H-pyrrole nitrogens is 1. The molecule has 1 N–H and O–H groups in total. The number of benzene rings is 1. The van der Waals surface area contributed by atoms with E-state index in [4.69, 9.17) is 4.74 Å². The molecule has 2 aromatic heterocycles. The lowest BCUT2D eigenvalue weighted by atomic mass is 10.1. The number of pyridine rings is 1. The third kappa shape index (κ3) is 4.32. The molecular formula is C22H23N5O3. The van der Waals surface area contributed by atoms with Gasteiger partial charge in [-0.25, -0.2) is 0 Å². The molecule has 0 atom stereocenters. The number of carbonyl (C=O) groups excluding carboxylic acids is 2. The molecule has 1 saturated heterocycles. The van der Waals surface area contributed by atoms with E-state index in [0.29, 0.717) is 44.0 Å². The molecule has 2 amide bonds. The molecule has 1 aromatic carbocycles. The minimum Gasteiger partial charge on any atom is -0.497 e. The monoisotopic (exact) mass is 405 g/mol. The zero-order valence-corrected chi connectivity index (χ0v) is 16.7. The van der Waals surface area contributed by atoms with E-state index in [2.05, 4.69) is 15.2 Å². The lowest BCUT2D eigenvalue weighted by Crippen LogP contribution is -2.51. The molecule has 0 saturated carbocycles. The number of amides is 2. The molecule has 0 aliphatic carbocycles. The van der Waals surface area contributed by atoms with Crippen LogP contribution in [0.4, 0.5) is 0 Å². The number of methoxy groups -OCH3 is 1. The lowest BCUT2D eigenvalue weighted by Gasteiger charge is -2.34. The first kappa shape index (κ1) is 19.6. The van der Waals surface area contributed by atoms with Gasteiger partial charge in [-0.3, -0.25) is 19.7 Å². The van der Waals surface area contributed by atoms with Crippen LogP contribution < -0.4 is 4.74 Å². The molecule has 0 spiro atoms. The molecule has 0 unspecified atom stereocenters. The quantitative estimate of drug-likeness (QED) is 0.701. The van der Waals surface area contributed by atoms with Crippen LogP contribution in [-0.4, -0.2) is 70.1 Å². The van der Waals surface area contributed by atoms with Crippen LogP contribution in [0.3, 0.4) is 0 Å². The van der Waals surface area contributed by atoms with Gasteiger partial charge in [-0.05, 0) is 35.9 Å². The van der Waals surface area contributed by atoms with E-state index in [-0.39, 0.29) is 11.8 Å². The number of hydrogen-bond acceptors (Lipinski definition) is 5. The molecule has 8 nitrogen and oxygen atoms in total. The highest BCUT2D eigenvalue weighted by Gasteiger charge is 2.26. The van der Waals surface area contributed by atoms with Crippen LogP contribution in [0.25, 0.3) is 11.3 Å². The number of nitrogens with zero attached hydrogens (tertiary/aromatic N) is 4. The Morgan fingerprint density at radius 1 is 1.03 bits per heavy atom. The van der Waals surface area contributed by atoms with Gasteiger partial charge in [0.05, 0.1) is 19.2 Å². The number of aromatic nitrogens is 3. The Morgan fingerprint density at radius 3 is 2.50 bits per heavy atom. The van der Waals surface area contributed by atoms with E-state index in [0.717, 1.165) is 16.9 Å². The fourth-order valence-electron chi connectivity index (χ4n) is 3.50. The summed E-state index contributed by atoms with van der Waals surface area (Å²) in [4.78, 5) is 33.0. The second kappa shape index (κ2) is 8.77. The van der Waals surface area contributed by atoms with Crippen molar-refractivity contribution in [3.8, 4) is 17.0 Å². The van der Waals surface area contributed by atoms with E-state index in [1.165, 1.54) is 0 Å². The van der Waals surface area contributed by atoms with Crippen LogP contribution in [-0.2, 0) is 11.2 Å². The minimum atomic E-state index is -0.109. The molecule has 8 heteroatoms. The van der Waals surface area contributed by atoms with Crippen molar-refractivity contribution in [3.63, 3.8) is 0 Å². The largest absolute Gasteiger partial charge is 0.497 e. The van der Waals surface area contributed by atoms with E-state index in [9.17, 15) is 9.59 Å². The predicted molar refractivity (Wildman–Crippen MR) is 111 cm³/mol. The number of piperazine rings is 1. The maximum Gasteiger partial charge on any atom is 0.272 e. The van der Waals surface area contributed by atoms with E-state index >= 15 is 0 Å². The van der Waals surface area contributed by atoms with Crippen molar-refractivity contribution in [2.75, 3.05) is 33.3 Å². The van der Waals surface area contributed by atoms with Crippen molar-refractivity contribution < 1.29 is 14.3 Å². The first-order chi connectivity index (χ1) is 14.6. The Hall–Kier alpha value is -3.68. The van der Waals surface area contributed by atoms with Crippen molar-refractivity contribution >= 4 is 11.8 Å². The zero-order chi connectivity index (χ0) is 20.9. The summed E-state index contributed by atoms with van der Waals surface area (Å²) in [5.74, 6) is 0.681. The SMILES string of the molecule is COc1cccc(CC(=O)N2CCN(C(=O)c3cc(-c4ccncc4)n[nH]3)CC2)c1. The predicted octanol–water partition coefficient (Wildman–Crippen LogP) is 2.01. The maximum atomic E-state index is 12.8. The highest BCUT2D eigenvalue weighted by atomic mass is 16.5. The molecule has 30 heavy (non-hydrogen) atoms. The summed E-state index contributed by atoms with van der Waals surface area (Å²) in [6.45, 7) is 2.01. The van der Waals surface area contributed by atoms with Gasteiger partial charge in [0.2, 0.25) is 5.91 Å². The molecule has 154 valence electrons. The number of nitrogens with one attached hydrogen (secondary N) is 1. The Balaban J connectivity index is 1.33. The molecular weight excluding hydrogens is 382 g/mol. The van der Waals surface area contributed by atoms with Crippen LogP contribution in [0.2, 0.25) is 0 Å². The van der Waals surface area contributed by atoms with Crippen LogP contribution in [0, 0.1) is 0 Å². The fourth-order valence-corrected chi connectivity index (χ4v) is 3.50. The normalized spacial score (nSPS) is 13.9. The lowest BCUT2D eigenvalue weighted by molar-refractivity contribution is -0.131. The first-order valence-electron chi connectivity index (χ1n) is 9.80. The van der Waals surface area contributed by atoms with Gasteiger partial charge in [0.25, 0.3) is 5.91 Å². The van der Waals surface area contributed by atoms with E-state index in [1.807, 2.05) is 36.4 Å². The molecule has 0 radical (unpaired) electrons. The van der Waals surface area contributed by atoms with Gasteiger partial charge in [-0.15, -0.1) is 0 Å². The molecule has 0 bridgehead atoms. The summed E-state index contributed by atoms with van der Waals surface area (Å²) in [5.41, 5.74) is 2.96. The van der Waals surface area contributed by atoms with Gasteiger partial charge in [0, 0.05) is 44.1 Å². The summed E-state index contributed by atoms with van der Waals surface area (Å²) >= 11 is 0. The van der Waals surface area contributed by atoms with Crippen molar-refractivity contribution in [3.05, 3.63) is 66.1 Å². The molecule has 3 heterocycles. The molecule has 1 aliphatic heterocycles.